The molecule has 3 N–H and O–H groups in total. The summed E-state index contributed by atoms with van der Waals surface area (Å²) in [5.74, 6) is 0.985. The first-order chi connectivity index (χ1) is 9.92. The zero-order valence-corrected chi connectivity index (χ0v) is 13.9. The van der Waals surface area contributed by atoms with Crippen LogP contribution in [-0.4, -0.2) is 18.5 Å². The lowest BCUT2D eigenvalue weighted by Crippen LogP contribution is -2.36. The van der Waals surface area contributed by atoms with Crippen molar-refractivity contribution in [3.05, 3.63) is 35.4 Å². The average Bonchev–Trinajstić information content (AvgIpc) is 2.39. The van der Waals surface area contributed by atoms with Gasteiger partial charge in [0.1, 0.15) is 0 Å². The maximum absolute atomic E-state index is 12.1. The second-order valence-corrected chi connectivity index (χ2v) is 6.53. The third-order valence-electron chi connectivity index (χ3n) is 3.81. The van der Waals surface area contributed by atoms with Gasteiger partial charge in [-0.05, 0) is 56.2 Å². The van der Waals surface area contributed by atoms with E-state index in [1.54, 1.807) is 0 Å². The Hall–Kier alpha value is -1.35. The molecule has 0 aliphatic rings. The first-order valence-corrected chi connectivity index (χ1v) is 7.96. The summed E-state index contributed by atoms with van der Waals surface area (Å²) < 4.78 is 0. The van der Waals surface area contributed by atoms with E-state index in [4.69, 9.17) is 5.73 Å². The Morgan fingerprint density at radius 1 is 1.24 bits per heavy atom. The summed E-state index contributed by atoms with van der Waals surface area (Å²) in [6.07, 6.45) is 2.42. The number of nitrogens with two attached hydrogens (primary N) is 1. The van der Waals surface area contributed by atoms with Crippen LogP contribution in [0.2, 0.25) is 0 Å². The molecule has 0 radical (unpaired) electrons. The smallest absolute Gasteiger partial charge is 0.220 e. The molecule has 118 valence electrons. The van der Waals surface area contributed by atoms with Crippen molar-refractivity contribution >= 4 is 5.91 Å². The van der Waals surface area contributed by atoms with E-state index in [9.17, 15) is 4.79 Å². The minimum absolute atomic E-state index is 0.118. The monoisotopic (exact) mass is 290 g/mol. The zero-order chi connectivity index (χ0) is 15.8. The largest absolute Gasteiger partial charge is 0.353 e. The van der Waals surface area contributed by atoms with Gasteiger partial charge in [0.15, 0.2) is 0 Å². The highest BCUT2D eigenvalue weighted by Gasteiger charge is 2.16. The van der Waals surface area contributed by atoms with Crippen LogP contribution >= 0.6 is 0 Å². The number of carbonyl (C=O) groups excluding carboxylic acids is 1. The highest BCUT2D eigenvalue weighted by atomic mass is 16.1. The summed E-state index contributed by atoms with van der Waals surface area (Å²) in [6, 6.07) is 8.47. The summed E-state index contributed by atoms with van der Waals surface area (Å²) in [7, 11) is 0. The minimum atomic E-state index is 0.118. The van der Waals surface area contributed by atoms with E-state index >= 15 is 0 Å². The van der Waals surface area contributed by atoms with Gasteiger partial charge in [0, 0.05) is 12.5 Å². The van der Waals surface area contributed by atoms with E-state index in [0.29, 0.717) is 18.9 Å². The number of carbonyl (C=O) groups is 1. The molecule has 0 spiro atoms. The van der Waals surface area contributed by atoms with Crippen molar-refractivity contribution in [1.29, 1.82) is 0 Å². The van der Waals surface area contributed by atoms with Crippen LogP contribution in [0.3, 0.4) is 0 Å². The Balaban J connectivity index is 2.45. The van der Waals surface area contributed by atoms with Gasteiger partial charge >= 0.3 is 0 Å². The lowest BCUT2D eigenvalue weighted by molar-refractivity contribution is -0.122. The van der Waals surface area contributed by atoms with Crippen molar-refractivity contribution in [3.8, 4) is 0 Å². The van der Waals surface area contributed by atoms with Crippen molar-refractivity contribution in [2.24, 2.45) is 17.6 Å². The number of aryl methyl sites for hydroxylation is 1. The highest BCUT2D eigenvalue weighted by Crippen LogP contribution is 2.15. The van der Waals surface area contributed by atoms with Crippen molar-refractivity contribution in [1.82, 2.24) is 5.32 Å². The number of hydrogen-bond acceptors (Lipinski definition) is 2. The van der Waals surface area contributed by atoms with Crippen LogP contribution in [0.4, 0.5) is 0 Å². The molecule has 0 aromatic heterocycles. The van der Waals surface area contributed by atoms with Crippen LogP contribution in [0.1, 0.15) is 44.7 Å². The molecule has 21 heavy (non-hydrogen) atoms. The van der Waals surface area contributed by atoms with Crippen molar-refractivity contribution in [2.75, 3.05) is 6.54 Å². The molecule has 0 saturated heterocycles. The van der Waals surface area contributed by atoms with Gasteiger partial charge in [-0.2, -0.15) is 0 Å². The maximum Gasteiger partial charge on any atom is 0.220 e. The highest BCUT2D eigenvalue weighted by molar-refractivity contribution is 5.76. The van der Waals surface area contributed by atoms with Crippen LogP contribution in [0.25, 0.3) is 0 Å². The Kier molecular flexibility index (Phi) is 7.44. The SMILES string of the molecule is Cc1ccccc1CC(C)NC(=O)C[C@@H](CN)CC(C)C. The molecule has 0 saturated carbocycles. The third kappa shape index (κ3) is 6.76. The lowest BCUT2D eigenvalue weighted by atomic mass is 9.93. The second-order valence-electron chi connectivity index (χ2n) is 6.53. The van der Waals surface area contributed by atoms with Crippen LogP contribution in [0.15, 0.2) is 24.3 Å². The van der Waals surface area contributed by atoms with Crippen LogP contribution in [-0.2, 0) is 11.2 Å². The second kappa shape index (κ2) is 8.83. The molecule has 0 aliphatic heterocycles. The molecule has 3 heteroatoms. The number of hydrogen-bond donors (Lipinski definition) is 2. The Labute approximate surface area is 129 Å². The van der Waals surface area contributed by atoms with Crippen molar-refractivity contribution < 1.29 is 4.79 Å². The van der Waals surface area contributed by atoms with Crippen LogP contribution in [0, 0.1) is 18.8 Å². The molecule has 0 heterocycles. The van der Waals surface area contributed by atoms with Crippen LogP contribution in [0.5, 0.6) is 0 Å². The van der Waals surface area contributed by atoms with E-state index in [1.165, 1.54) is 11.1 Å². The maximum atomic E-state index is 12.1. The Morgan fingerprint density at radius 2 is 1.90 bits per heavy atom. The van der Waals surface area contributed by atoms with Crippen molar-refractivity contribution in [2.45, 2.75) is 53.0 Å². The topological polar surface area (TPSA) is 55.1 Å². The summed E-state index contributed by atoms with van der Waals surface area (Å²) >= 11 is 0. The molecule has 0 fully saturated rings. The fourth-order valence-corrected chi connectivity index (χ4v) is 2.75. The van der Waals surface area contributed by atoms with E-state index < -0.39 is 0 Å². The summed E-state index contributed by atoms with van der Waals surface area (Å²) in [4.78, 5) is 12.1. The molecular weight excluding hydrogens is 260 g/mol. The van der Waals surface area contributed by atoms with E-state index in [1.807, 2.05) is 12.1 Å². The Bertz CT molecular complexity index is 443. The average molecular weight is 290 g/mol. The number of amides is 1. The van der Waals surface area contributed by atoms with E-state index in [-0.39, 0.29) is 17.9 Å². The van der Waals surface area contributed by atoms with Gasteiger partial charge in [-0.1, -0.05) is 38.1 Å². The molecule has 3 nitrogen and oxygen atoms in total. The molecule has 0 aliphatic carbocycles. The first kappa shape index (κ1) is 17.7. The minimum Gasteiger partial charge on any atom is -0.353 e. The molecule has 2 atom stereocenters. The summed E-state index contributed by atoms with van der Waals surface area (Å²) in [5.41, 5.74) is 8.33. The predicted octanol–water partition coefficient (Wildman–Crippen LogP) is 3.05. The van der Waals surface area contributed by atoms with Gasteiger partial charge in [0.25, 0.3) is 0 Å². The fourth-order valence-electron chi connectivity index (χ4n) is 2.75. The number of nitrogens with one attached hydrogen (secondary N) is 1. The first-order valence-electron chi connectivity index (χ1n) is 7.96. The van der Waals surface area contributed by atoms with Gasteiger partial charge in [-0.3, -0.25) is 4.79 Å². The predicted molar refractivity (Wildman–Crippen MR) is 89.1 cm³/mol. The summed E-state index contributed by atoms with van der Waals surface area (Å²) in [5, 5.41) is 3.10. The lowest BCUT2D eigenvalue weighted by Gasteiger charge is -2.19. The number of rotatable bonds is 8. The van der Waals surface area contributed by atoms with Gasteiger partial charge in [0.05, 0.1) is 0 Å². The zero-order valence-electron chi connectivity index (χ0n) is 13.9. The summed E-state index contributed by atoms with van der Waals surface area (Å²) in [6.45, 7) is 9.09. The molecular formula is C18H30N2O. The van der Waals surface area contributed by atoms with Gasteiger partial charge in [0.2, 0.25) is 5.91 Å². The van der Waals surface area contributed by atoms with Crippen molar-refractivity contribution in [3.63, 3.8) is 0 Å². The van der Waals surface area contributed by atoms with Gasteiger partial charge in [-0.15, -0.1) is 0 Å². The third-order valence-corrected chi connectivity index (χ3v) is 3.81. The molecule has 1 aromatic rings. The fraction of sp³-hybridized carbons (Fsp3) is 0.611. The van der Waals surface area contributed by atoms with Crippen LogP contribution < -0.4 is 11.1 Å². The van der Waals surface area contributed by atoms with E-state index in [2.05, 4.69) is 45.1 Å². The number of benzene rings is 1. The van der Waals surface area contributed by atoms with Gasteiger partial charge in [-0.25, -0.2) is 0 Å². The molecule has 1 aromatic carbocycles. The molecule has 1 amide bonds. The van der Waals surface area contributed by atoms with E-state index in [0.717, 1.165) is 12.8 Å². The van der Waals surface area contributed by atoms with Gasteiger partial charge < -0.3 is 11.1 Å². The molecule has 1 rings (SSSR count). The quantitative estimate of drug-likeness (QED) is 0.773. The molecule has 1 unspecified atom stereocenters. The standard InChI is InChI=1S/C18H30N2O/c1-13(2)9-16(12-19)11-18(21)20-15(4)10-17-8-6-5-7-14(17)3/h5-8,13,15-16H,9-12,19H2,1-4H3,(H,20,21)/t15?,16-/m0/s1. The molecule has 0 bridgehead atoms. The Morgan fingerprint density at radius 3 is 2.48 bits per heavy atom. The normalized spacial score (nSPS) is 14.0.